The second-order valence-corrected chi connectivity index (χ2v) is 6.88. The monoisotopic (exact) mass is 316 g/mol. The zero-order valence-corrected chi connectivity index (χ0v) is 13.8. The minimum Gasteiger partial charge on any atom is -0.497 e. The number of methoxy groups -OCH3 is 1. The van der Waals surface area contributed by atoms with Gasteiger partial charge in [-0.25, -0.2) is 4.98 Å². The lowest BCUT2D eigenvalue weighted by Crippen LogP contribution is -1.90. The Labute approximate surface area is 132 Å². The van der Waals surface area contributed by atoms with Crippen molar-refractivity contribution >= 4 is 33.5 Å². The highest BCUT2D eigenvalue weighted by Crippen LogP contribution is 2.34. The van der Waals surface area contributed by atoms with Crippen molar-refractivity contribution in [3.05, 3.63) is 46.2 Å². The van der Waals surface area contributed by atoms with E-state index in [-0.39, 0.29) is 0 Å². The summed E-state index contributed by atoms with van der Waals surface area (Å²) in [5.41, 5.74) is 3.35. The number of thiophene rings is 1. The van der Waals surface area contributed by atoms with Crippen molar-refractivity contribution in [2.45, 2.75) is 13.8 Å². The Morgan fingerprint density at radius 1 is 1.14 bits per heavy atom. The molecule has 0 atom stereocenters. The average molecular weight is 316 g/mol. The Morgan fingerprint density at radius 2 is 1.90 bits per heavy atom. The fraction of sp³-hybridized carbons (Fsp3) is 0.188. The number of anilines is 2. The Bertz CT molecular complexity index is 744. The summed E-state index contributed by atoms with van der Waals surface area (Å²) in [7, 11) is 1.67. The normalized spacial score (nSPS) is 10.6. The lowest BCUT2D eigenvalue weighted by Gasteiger charge is -2.03. The van der Waals surface area contributed by atoms with Crippen LogP contribution in [0.3, 0.4) is 0 Å². The molecule has 0 amide bonds. The Kier molecular flexibility index (Phi) is 3.94. The third-order valence-electron chi connectivity index (χ3n) is 3.12. The molecule has 3 aromatic rings. The second-order valence-electron chi connectivity index (χ2n) is 4.76. The molecule has 5 heteroatoms. The lowest BCUT2D eigenvalue weighted by molar-refractivity contribution is 0.415. The second kappa shape index (κ2) is 5.87. The lowest BCUT2D eigenvalue weighted by atomic mass is 10.2. The summed E-state index contributed by atoms with van der Waals surface area (Å²) < 4.78 is 5.16. The smallest absolute Gasteiger partial charge is 0.187 e. The molecule has 0 aliphatic carbocycles. The zero-order chi connectivity index (χ0) is 14.8. The molecular weight excluding hydrogens is 300 g/mol. The first-order valence-corrected chi connectivity index (χ1v) is 8.29. The molecule has 0 spiro atoms. The van der Waals surface area contributed by atoms with Crippen LogP contribution in [-0.4, -0.2) is 12.1 Å². The number of aromatic nitrogens is 1. The molecule has 21 heavy (non-hydrogen) atoms. The minimum absolute atomic E-state index is 0.852. The van der Waals surface area contributed by atoms with Crippen molar-refractivity contribution in [2.24, 2.45) is 0 Å². The topological polar surface area (TPSA) is 34.1 Å². The van der Waals surface area contributed by atoms with Crippen LogP contribution < -0.4 is 10.1 Å². The van der Waals surface area contributed by atoms with Gasteiger partial charge in [-0.05, 0) is 49.7 Å². The molecule has 0 saturated carbocycles. The number of nitrogens with zero attached hydrogens (tertiary/aromatic N) is 1. The number of hydrogen-bond donors (Lipinski definition) is 1. The molecule has 0 radical (unpaired) electrons. The van der Waals surface area contributed by atoms with Gasteiger partial charge in [0, 0.05) is 15.9 Å². The first-order valence-electron chi connectivity index (χ1n) is 6.60. The van der Waals surface area contributed by atoms with Gasteiger partial charge in [-0.2, -0.15) is 0 Å². The van der Waals surface area contributed by atoms with Crippen molar-refractivity contribution in [3.8, 4) is 16.3 Å². The van der Waals surface area contributed by atoms with Crippen molar-refractivity contribution < 1.29 is 4.74 Å². The van der Waals surface area contributed by atoms with Crippen LogP contribution >= 0.6 is 22.7 Å². The maximum absolute atomic E-state index is 5.16. The number of hydrogen-bond acceptors (Lipinski definition) is 5. The van der Waals surface area contributed by atoms with E-state index in [0.29, 0.717) is 0 Å². The highest BCUT2D eigenvalue weighted by atomic mass is 32.1. The van der Waals surface area contributed by atoms with Gasteiger partial charge in [-0.3, -0.25) is 0 Å². The fourth-order valence-electron chi connectivity index (χ4n) is 2.13. The number of aryl methyl sites for hydroxylation is 2. The van der Waals surface area contributed by atoms with Gasteiger partial charge >= 0.3 is 0 Å². The van der Waals surface area contributed by atoms with Crippen LogP contribution in [-0.2, 0) is 0 Å². The molecule has 0 fully saturated rings. The number of benzene rings is 1. The van der Waals surface area contributed by atoms with Crippen LogP contribution in [0.15, 0.2) is 35.7 Å². The van der Waals surface area contributed by atoms with Gasteiger partial charge in [0.25, 0.3) is 0 Å². The van der Waals surface area contributed by atoms with E-state index in [1.807, 2.05) is 24.3 Å². The van der Waals surface area contributed by atoms with Crippen molar-refractivity contribution in [1.29, 1.82) is 0 Å². The third-order valence-corrected chi connectivity index (χ3v) is 5.05. The summed E-state index contributed by atoms with van der Waals surface area (Å²) in [6, 6.07) is 10.0. The van der Waals surface area contributed by atoms with Gasteiger partial charge in [-0.1, -0.05) is 0 Å². The van der Waals surface area contributed by atoms with Gasteiger partial charge < -0.3 is 10.1 Å². The highest BCUT2D eigenvalue weighted by Gasteiger charge is 2.10. The van der Waals surface area contributed by atoms with Crippen LogP contribution in [0.5, 0.6) is 5.75 Å². The van der Waals surface area contributed by atoms with E-state index in [1.54, 1.807) is 29.8 Å². The van der Waals surface area contributed by atoms with Gasteiger partial charge in [0.2, 0.25) is 0 Å². The van der Waals surface area contributed by atoms with E-state index in [1.165, 1.54) is 15.3 Å². The van der Waals surface area contributed by atoms with Gasteiger partial charge in [0.05, 0.1) is 17.7 Å². The highest BCUT2D eigenvalue weighted by molar-refractivity contribution is 7.17. The summed E-state index contributed by atoms with van der Waals surface area (Å²) in [4.78, 5) is 7.25. The quantitative estimate of drug-likeness (QED) is 0.714. The maximum atomic E-state index is 5.16. The van der Waals surface area contributed by atoms with Crippen LogP contribution in [0.1, 0.15) is 10.4 Å². The van der Waals surface area contributed by atoms with E-state index in [0.717, 1.165) is 22.3 Å². The zero-order valence-electron chi connectivity index (χ0n) is 12.1. The van der Waals surface area contributed by atoms with Gasteiger partial charge in [0.15, 0.2) is 5.13 Å². The molecule has 108 valence electrons. The molecule has 0 saturated heterocycles. The van der Waals surface area contributed by atoms with E-state index in [4.69, 9.17) is 4.74 Å². The van der Waals surface area contributed by atoms with Crippen LogP contribution in [0, 0.1) is 13.8 Å². The summed E-state index contributed by atoms with van der Waals surface area (Å²) in [6.45, 7) is 4.26. The minimum atomic E-state index is 0.852. The summed E-state index contributed by atoms with van der Waals surface area (Å²) in [6.07, 6.45) is 0. The SMILES string of the molecule is COc1ccc(Nc2nc(-c3sc(C)cc3C)cs2)cc1. The predicted octanol–water partition coefficient (Wildman–Crippen LogP) is 5.24. The van der Waals surface area contributed by atoms with E-state index >= 15 is 0 Å². The first kappa shape index (κ1) is 14.1. The number of rotatable bonds is 4. The molecular formula is C16H16N2OS2. The van der Waals surface area contributed by atoms with E-state index in [2.05, 4.69) is 35.6 Å². The predicted molar refractivity (Wildman–Crippen MR) is 91.2 cm³/mol. The number of ether oxygens (including phenoxy) is 1. The van der Waals surface area contributed by atoms with Crippen LogP contribution in [0.2, 0.25) is 0 Å². The van der Waals surface area contributed by atoms with Crippen LogP contribution in [0.25, 0.3) is 10.6 Å². The van der Waals surface area contributed by atoms with Gasteiger partial charge in [0.1, 0.15) is 5.75 Å². The largest absolute Gasteiger partial charge is 0.497 e. The molecule has 2 heterocycles. The Balaban J connectivity index is 1.80. The Hall–Kier alpha value is -1.85. The van der Waals surface area contributed by atoms with Crippen LogP contribution in [0.4, 0.5) is 10.8 Å². The number of nitrogens with one attached hydrogen (secondary N) is 1. The Morgan fingerprint density at radius 3 is 2.52 bits per heavy atom. The standard InChI is InChI=1S/C16H16N2OS2/c1-10-8-11(2)21-15(10)14-9-20-16(18-14)17-12-4-6-13(19-3)7-5-12/h4-9H,1-3H3,(H,17,18). The average Bonchev–Trinajstić information content (AvgIpc) is 3.06. The molecule has 0 unspecified atom stereocenters. The summed E-state index contributed by atoms with van der Waals surface area (Å²) >= 11 is 3.41. The molecule has 1 N–H and O–H groups in total. The molecule has 2 aromatic heterocycles. The van der Waals surface area contributed by atoms with Crippen molar-refractivity contribution in [3.63, 3.8) is 0 Å². The van der Waals surface area contributed by atoms with Gasteiger partial charge in [-0.15, -0.1) is 22.7 Å². The summed E-state index contributed by atoms with van der Waals surface area (Å²) in [5, 5.41) is 6.33. The molecule has 0 bridgehead atoms. The van der Waals surface area contributed by atoms with Crippen molar-refractivity contribution in [1.82, 2.24) is 4.98 Å². The summed E-state index contributed by atoms with van der Waals surface area (Å²) in [5.74, 6) is 0.852. The maximum Gasteiger partial charge on any atom is 0.187 e. The number of thiazole rings is 1. The van der Waals surface area contributed by atoms with Crippen molar-refractivity contribution in [2.75, 3.05) is 12.4 Å². The molecule has 0 aliphatic heterocycles. The molecule has 1 aromatic carbocycles. The molecule has 0 aliphatic rings. The van der Waals surface area contributed by atoms with E-state index in [9.17, 15) is 0 Å². The first-order chi connectivity index (χ1) is 10.2. The third kappa shape index (κ3) is 3.09. The fourth-order valence-corrected chi connectivity index (χ4v) is 3.91. The van der Waals surface area contributed by atoms with E-state index < -0.39 is 0 Å². The molecule has 3 nitrogen and oxygen atoms in total. The molecule has 3 rings (SSSR count).